The molecule has 0 saturated heterocycles. The number of pyridine rings is 1. The molecule has 1 aromatic carbocycles. The molecule has 0 N–H and O–H groups in total. The van der Waals surface area contributed by atoms with Gasteiger partial charge in [0.1, 0.15) is 7.05 Å². The van der Waals surface area contributed by atoms with Crippen molar-refractivity contribution in [1.82, 2.24) is 0 Å². The molecule has 0 radical (unpaired) electrons. The second-order valence-electron chi connectivity index (χ2n) is 7.27. The van der Waals surface area contributed by atoms with Crippen molar-refractivity contribution in [2.45, 2.75) is 46.0 Å². The summed E-state index contributed by atoms with van der Waals surface area (Å²) in [5, 5.41) is 1.34. The van der Waals surface area contributed by atoms with Crippen molar-refractivity contribution in [3.63, 3.8) is 0 Å². The third-order valence-corrected chi connectivity index (χ3v) is 6.22. The highest BCUT2D eigenvalue weighted by atomic mass is 28.3. The van der Waals surface area contributed by atoms with Gasteiger partial charge in [0.25, 0.3) is 0 Å². The molecule has 0 atom stereocenters. The minimum absolute atomic E-state index is 0.371. The molecule has 0 unspecified atom stereocenters. The first-order chi connectivity index (χ1) is 11.7. The molecule has 24 heavy (non-hydrogen) atoms. The van der Waals surface area contributed by atoms with Crippen LogP contribution in [-0.4, -0.2) is 14.3 Å². The monoisotopic (exact) mass is 354 g/mol. The van der Waals surface area contributed by atoms with Crippen molar-refractivity contribution in [2.24, 2.45) is 7.05 Å². The topological polar surface area (TPSA) is 3.88 Å². The van der Waals surface area contributed by atoms with Crippen LogP contribution in [0.3, 0.4) is 0 Å². The second-order valence-corrected chi connectivity index (χ2v) is 12.3. The van der Waals surface area contributed by atoms with Gasteiger partial charge in [0, 0.05) is 19.6 Å². The van der Waals surface area contributed by atoms with E-state index in [-0.39, 0.29) is 5.56 Å². The molecule has 0 aliphatic rings. The first kappa shape index (κ1) is 15.9. The molecule has 5 heteroatoms. The van der Waals surface area contributed by atoms with Crippen molar-refractivity contribution in [3.8, 4) is 11.3 Å². The fourth-order valence-electron chi connectivity index (χ4n) is 3.00. The van der Waals surface area contributed by atoms with Gasteiger partial charge >= 0.3 is 6.18 Å². The molecule has 1 heterocycles. The number of rotatable bonds is 3. The van der Waals surface area contributed by atoms with Crippen molar-refractivity contribution >= 4 is 13.3 Å². The molecule has 0 spiro atoms. The van der Waals surface area contributed by atoms with Crippen LogP contribution in [0.1, 0.15) is 19.4 Å². The predicted molar refractivity (Wildman–Crippen MR) is 95.3 cm³/mol. The van der Waals surface area contributed by atoms with Crippen LogP contribution in [0.4, 0.5) is 13.2 Å². The van der Waals surface area contributed by atoms with E-state index < -0.39 is 20.6 Å². The number of nitrogens with zero attached hydrogens (tertiary/aromatic N) is 1. The lowest BCUT2D eigenvalue weighted by atomic mass is 9.99. The van der Waals surface area contributed by atoms with Crippen LogP contribution < -0.4 is 9.75 Å². The van der Waals surface area contributed by atoms with Crippen LogP contribution in [-0.2, 0) is 13.4 Å². The van der Waals surface area contributed by atoms with Gasteiger partial charge in [-0.25, -0.2) is 4.57 Å². The maximum atomic E-state index is 13.0. The van der Waals surface area contributed by atoms with E-state index in [9.17, 15) is 13.2 Å². The van der Waals surface area contributed by atoms with Gasteiger partial charge in [-0.05, 0) is 36.6 Å². The summed E-state index contributed by atoms with van der Waals surface area (Å²) in [5.41, 5.74) is 3.13. The third-order valence-electron chi connectivity index (χ3n) is 4.08. The summed E-state index contributed by atoms with van der Waals surface area (Å²) in [5.74, 6) is 0. The molecule has 0 bridgehead atoms. The van der Waals surface area contributed by atoms with Crippen LogP contribution in [0.15, 0.2) is 30.5 Å². The normalized spacial score (nSPS) is 14.4. The Kier molecular flexibility index (Phi) is 4.20. The largest absolute Gasteiger partial charge is 0.393 e. The summed E-state index contributed by atoms with van der Waals surface area (Å²) in [6.45, 7) is 10.6. The fourth-order valence-corrected chi connectivity index (χ4v) is 4.83. The Morgan fingerprint density at radius 2 is 1.71 bits per heavy atom. The zero-order valence-corrected chi connectivity index (χ0v) is 16.0. The zero-order valence-electron chi connectivity index (χ0n) is 17.0. The van der Waals surface area contributed by atoms with E-state index >= 15 is 0 Å². The Hall–Kier alpha value is -1.62. The van der Waals surface area contributed by atoms with Crippen molar-refractivity contribution < 1.29 is 20.5 Å². The highest BCUT2D eigenvalue weighted by Crippen LogP contribution is 2.26. The Bertz CT molecular complexity index is 840. The summed E-state index contributed by atoms with van der Waals surface area (Å²) in [4.78, 5) is 0. The SMILES string of the molecule is [2H]C([2H])(c1ccc(-c2cc(C)c([Si](C)(C)C)c[n+]2C)c(C)c1)C(F)(F)F. The van der Waals surface area contributed by atoms with Crippen LogP contribution in [0.5, 0.6) is 0 Å². The summed E-state index contributed by atoms with van der Waals surface area (Å²) in [6, 6.07) is 6.17. The Morgan fingerprint density at radius 1 is 1.08 bits per heavy atom. The van der Waals surface area contributed by atoms with E-state index in [1.54, 1.807) is 13.0 Å². The number of aryl methyl sites for hydroxylation is 3. The number of hydrogen-bond donors (Lipinski definition) is 0. The van der Waals surface area contributed by atoms with Gasteiger partial charge in [0.15, 0.2) is 6.20 Å². The van der Waals surface area contributed by atoms with Gasteiger partial charge in [-0.2, -0.15) is 13.2 Å². The van der Waals surface area contributed by atoms with E-state index in [0.29, 0.717) is 5.56 Å². The molecule has 0 amide bonds. The van der Waals surface area contributed by atoms with E-state index in [1.807, 2.05) is 11.6 Å². The third kappa shape index (κ3) is 4.26. The lowest BCUT2D eigenvalue weighted by Gasteiger charge is -2.18. The number of benzene rings is 1. The second kappa shape index (κ2) is 6.35. The molecule has 0 aliphatic carbocycles. The van der Waals surface area contributed by atoms with Crippen LogP contribution in [0.25, 0.3) is 11.3 Å². The van der Waals surface area contributed by atoms with Crippen LogP contribution >= 0.6 is 0 Å². The highest BCUT2D eigenvalue weighted by molar-refractivity contribution is 6.88. The van der Waals surface area contributed by atoms with Crippen molar-refractivity contribution in [3.05, 3.63) is 47.2 Å². The van der Waals surface area contributed by atoms with Gasteiger partial charge in [0.05, 0.1) is 14.4 Å². The van der Waals surface area contributed by atoms with Crippen molar-refractivity contribution in [2.75, 3.05) is 0 Å². The highest BCUT2D eigenvalue weighted by Gasteiger charge is 2.28. The van der Waals surface area contributed by atoms with E-state index in [2.05, 4.69) is 38.8 Å². The van der Waals surface area contributed by atoms with Gasteiger partial charge in [0.2, 0.25) is 5.69 Å². The summed E-state index contributed by atoms with van der Waals surface area (Å²) in [6.07, 6.45) is -6.20. The summed E-state index contributed by atoms with van der Waals surface area (Å²) in [7, 11) is 0.434. The van der Waals surface area contributed by atoms with E-state index in [4.69, 9.17) is 2.74 Å². The lowest BCUT2D eigenvalue weighted by Crippen LogP contribution is -2.46. The number of aromatic nitrogens is 1. The van der Waals surface area contributed by atoms with Gasteiger partial charge in [-0.1, -0.05) is 31.8 Å². The molecule has 0 aliphatic heterocycles. The minimum atomic E-state index is -4.94. The molecule has 1 nitrogen and oxygen atoms in total. The zero-order chi connectivity index (χ0) is 20.1. The summed E-state index contributed by atoms with van der Waals surface area (Å²) >= 11 is 0. The smallest absolute Gasteiger partial charge is 0.201 e. The first-order valence-corrected chi connectivity index (χ1v) is 11.4. The van der Waals surface area contributed by atoms with Gasteiger partial charge in [-0.15, -0.1) is 0 Å². The molecule has 0 fully saturated rings. The Morgan fingerprint density at radius 3 is 2.21 bits per heavy atom. The average molecular weight is 355 g/mol. The molecule has 1 aromatic heterocycles. The predicted octanol–water partition coefficient (Wildman–Crippen LogP) is 4.44. The maximum Gasteiger partial charge on any atom is 0.393 e. The molecule has 2 aromatic rings. The lowest BCUT2D eigenvalue weighted by molar-refractivity contribution is -0.659. The average Bonchev–Trinajstić information content (AvgIpc) is 2.47. The number of halogens is 3. The molecule has 2 rings (SSSR count). The molecule has 0 saturated carbocycles. The Balaban J connectivity index is 2.57. The first-order valence-electron chi connectivity index (χ1n) is 8.85. The van der Waals surface area contributed by atoms with Gasteiger partial charge < -0.3 is 0 Å². The Labute approximate surface area is 146 Å². The van der Waals surface area contributed by atoms with Crippen LogP contribution in [0, 0.1) is 13.8 Å². The van der Waals surface area contributed by atoms with E-state index in [1.165, 1.54) is 22.9 Å². The number of alkyl halides is 3. The maximum absolute atomic E-state index is 13.0. The standard InChI is InChI=1S/C19H25F3NSi/c1-13-9-15(11-19(20,21)22)7-8-16(13)17-10-14(2)18(12-23(17)3)24(4,5)6/h7-10,12H,11H2,1-6H3/q+1/i11D2. The molecule has 130 valence electrons. The van der Waals surface area contributed by atoms with E-state index in [0.717, 1.165) is 11.3 Å². The number of hydrogen-bond acceptors (Lipinski definition) is 0. The quantitative estimate of drug-likeness (QED) is 0.566. The van der Waals surface area contributed by atoms with Crippen LogP contribution in [0.2, 0.25) is 19.6 Å². The van der Waals surface area contributed by atoms with Crippen molar-refractivity contribution in [1.29, 1.82) is 0 Å². The molecular formula is C19H25F3NSi+. The summed E-state index contributed by atoms with van der Waals surface area (Å²) < 4.78 is 55.7. The molecular weight excluding hydrogens is 327 g/mol. The fraction of sp³-hybridized carbons (Fsp3) is 0.421. The van der Waals surface area contributed by atoms with Gasteiger partial charge in [-0.3, -0.25) is 0 Å². The minimum Gasteiger partial charge on any atom is -0.201 e.